The van der Waals surface area contributed by atoms with Crippen LogP contribution < -0.4 is 11.3 Å². The van der Waals surface area contributed by atoms with Crippen molar-refractivity contribution in [3.05, 3.63) is 29.3 Å². The van der Waals surface area contributed by atoms with Gasteiger partial charge < -0.3 is 5.43 Å². The minimum atomic E-state index is 0. The number of hydrogen-bond acceptors (Lipinski definition) is 2. The van der Waals surface area contributed by atoms with Crippen LogP contribution in [0.3, 0.4) is 0 Å². The summed E-state index contributed by atoms with van der Waals surface area (Å²) in [5.74, 6) is 5.40. The molecule has 2 nitrogen and oxygen atoms in total. The first-order valence-electron chi connectivity index (χ1n) is 4.40. The highest BCUT2D eigenvalue weighted by Crippen LogP contribution is 2.17. The molecule has 0 atom stereocenters. The first-order valence-corrected chi connectivity index (χ1v) is 4.40. The van der Waals surface area contributed by atoms with Crippen LogP contribution in [0, 0.1) is 0 Å². The van der Waals surface area contributed by atoms with Gasteiger partial charge in [-0.2, -0.15) is 0 Å². The van der Waals surface area contributed by atoms with Crippen molar-refractivity contribution < 1.29 is 0 Å². The van der Waals surface area contributed by atoms with Gasteiger partial charge in [0.2, 0.25) is 0 Å². The number of nitrogen functional groups attached to an aromatic ring is 1. The van der Waals surface area contributed by atoms with Crippen LogP contribution in [-0.4, -0.2) is 0 Å². The highest BCUT2D eigenvalue weighted by molar-refractivity contribution is 8.93. The lowest BCUT2D eigenvalue weighted by atomic mass is 10.1. The molecule has 0 spiro atoms. The van der Waals surface area contributed by atoms with E-state index < -0.39 is 0 Å². The predicted octanol–water partition coefficient (Wildman–Crippen LogP) is 2.67. The van der Waals surface area contributed by atoms with Crippen LogP contribution in [-0.2, 0) is 12.8 Å². The van der Waals surface area contributed by atoms with Gasteiger partial charge >= 0.3 is 0 Å². The van der Waals surface area contributed by atoms with Gasteiger partial charge in [-0.05, 0) is 30.0 Å². The molecule has 0 saturated carbocycles. The Labute approximate surface area is 90.3 Å². The fraction of sp³-hybridized carbons (Fsp3) is 0.400. The van der Waals surface area contributed by atoms with Crippen molar-refractivity contribution in [2.24, 2.45) is 5.84 Å². The van der Waals surface area contributed by atoms with E-state index in [-0.39, 0.29) is 17.0 Å². The summed E-state index contributed by atoms with van der Waals surface area (Å²) in [5.41, 5.74) is 6.37. The molecule has 1 rings (SSSR count). The van der Waals surface area contributed by atoms with Gasteiger partial charge in [0.1, 0.15) is 0 Å². The van der Waals surface area contributed by atoms with E-state index in [1.165, 1.54) is 11.1 Å². The number of hydrogen-bond donors (Lipinski definition) is 2. The second-order valence-corrected chi connectivity index (χ2v) is 2.84. The highest BCUT2D eigenvalue weighted by atomic mass is 79.9. The Bertz CT molecular complexity index is 261. The largest absolute Gasteiger partial charge is 0.324 e. The zero-order chi connectivity index (χ0) is 8.97. The Morgan fingerprint density at radius 2 is 1.92 bits per heavy atom. The second kappa shape index (κ2) is 6.00. The molecule has 0 amide bonds. The Balaban J connectivity index is 0.00000144. The molecular weight excluding hydrogens is 228 g/mol. The minimum absolute atomic E-state index is 0. The van der Waals surface area contributed by atoms with Crippen LogP contribution in [0.25, 0.3) is 0 Å². The molecule has 0 aliphatic heterocycles. The Morgan fingerprint density at radius 3 is 2.38 bits per heavy atom. The minimum Gasteiger partial charge on any atom is -0.324 e. The fourth-order valence-electron chi connectivity index (χ4n) is 1.29. The summed E-state index contributed by atoms with van der Waals surface area (Å²) < 4.78 is 0. The number of anilines is 1. The van der Waals surface area contributed by atoms with E-state index in [1.54, 1.807) is 0 Å². The molecule has 1 aromatic carbocycles. The number of hydrazine groups is 1. The van der Waals surface area contributed by atoms with Gasteiger partial charge in [0.15, 0.2) is 0 Å². The summed E-state index contributed by atoms with van der Waals surface area (Å²) in [6.45, 7) is 4.27. The van der Waals surface area contributed by atoms with Crippen molar-refractivity contribution in [3.63, 3.8) is 0 Å². The van der Waals surface area contributed by atoms with Crippen LogP contribution in [0.15, 0.2) is 18.2 Å². The van der Waals surface area contributed by atoms with Crippen LogP contribution >= 0.6 is 17.0 Å². The summed E-state index contributed by atoms with van der Waals surface area (Å²) in [6, 6.07) is 6.40. The van der Waals surface area contributed by atoms with Gasteiger partial charge in [-0.25, -0.2) is 0 Å². The van der Waals surface area contributed by atoms with Gasteiger partial charge in [-0.15, -0.1) is 17.0 Å². The van der Waals surface area contributed by atoms with Crippen molar-refractivity contribution in [2.75, 3.05) is 5.43 Å². The van der Waals surface area contributed by atoms with Crippen molar-refractivity contribution in [1.82, 2.24) is 0 Å². The molecule has 0 aliphatic carbocycles. The summed E-state index contributed by atoms with van der Waals surface area (Å²) >= 11 is 0. The number of benzene rings is 1. The molecule has 3 N–H and O–H groups in total. The highest BCUT2D eigenvalue weighted by Gasteiger charge is 1.98. The van der Waals surface area contributed by atoms with Crippen LogP contribution in [0.1, 0.15) is 25.0 Å². The lowest BCUT2D eigenvalue weighted by molar-refractivity contribution is 1.09. The van der Waals surface area contributed by atoms with Gasteiger partial charge in [0.25, 0.3) is 0 Å². The zero-order valence-electron chi connectivity index (χ0n) is 8.13. The van der Waals surface area contributed by atoms with Crippen molar-refractivity contribution in [3.8, 4) is 0 Å². The Morgan fingerprint density at radius 1 is 1.23 bits per heavy atom. The molecule has 74 valence electrons. The summed E-state index contributed by atoms with van der Waals surface area (Å²) in [7, 11) is 0. The number of nitrogens with one attached hydrogen (secondary N) is 1. The van der Waals surface area contributed by atoms with Gasteiger partial charge in [-0.1, -0.05) is 26.0 Å². The van der Waals surface area contributed by atoms with Crippen LogP contribution in [0.2, 0.25) is 0 Å². The second-order valence-electron chi connectivity index (χ2n) is 2.84. The first kappa shape index (κ1) is 12.5. The quantitative estimate of drug-likeness (QED) is 0.634. The third-order valence-electron chi connectivity index (χ3n) is 2.12. The molecule has 3 heteroatoms. The Kier molecular flexibility index (Phi) is 5.75. The third kappa shape index (κ3) is 3.01. The number of nitrogens with two attached hydrogens (primary N) is 1. The van der Waals surface area contributed by atoms with Gasteiger partial charge in [-0.3, -0.25) is 5.84 Å². The lowest BCUT2D eigenvalue weighted by Gasteiger charge is -2.08. The molecule has 1 aromatic rings. The molecule has 0 fully saturated rings. The molecule has 0 saturated heterocycles. The smallest absolute Gasteiger partial charge is 0.0519 e. The molecular formula is C10H17BrN2. The van der Waals surface area contributed by atoms with Crippen LogP contribution in [0.5, 0.6) is 0 Å². The maximum atomic E-state index is 5.40. The SMILES string of the molecule is Br.CCc1ccc(CC)c(NN)c1. The van der Waals surface area contributed by atoms with E-state index in [2.05, 4.69) is 37.5 Å². The molecule has 0 heterocycles. The van der Waals surface area contributed by atoms with Crippen molar-refractivity contribution in [1.29, 1.82) is 0 Å². The van der Waals surface area contributed by atoms with E-state index in [9.17, 15) is 0 Å². The number of halogens is 1. The number of aryl methyl sites for hydroxylation is 2. The predicted molar refractivity (Wildman–Crippen MR) is 63.3 cm³/mol. The molecule has 0 unspecified atom stereocenters. The zero-order valence-corrected chi connectivity index (χ0v) is 9.84. The molecule has 0 aliphatic rings. The van der Waals surface area contributed by atoms with Gasteiger partial charge in [0, 0.05) is 0 Å². The first-order chi connectivity index (χ1) is 5.81. The maximum Gasteiger partial charge on any atom is 0.0519 e. The van der Waals surface area contributed by atoms with E-state index in [1.807, 2.05) is 0 Å². The fourth-order valence-corrected chi connectivity index (χ4v) is 1.29. The standard InChI is InChI=1S/C10H16N2.BrH/c1-3-8-5-6-9(4-2)10(7-8)12-11;/h5-7,12H,3-4,11H2,1-2H3;1H. The summed E-state index contributed by atoms with van der Waals surface area (Å²) in [6.07, 6.45) is 2.07. The normalized spacial score (nSPS) is 9.15. The molecule has 13 heavy (non-hydrogen) atoms. The topological polar surface area (TPSA) is 38.0 Å². The van der Waals surface area contributed by atoms with Crippen molar-refractivity contribution in [2.45, 2.75) is 26.7 Å². The third-order valence-corrected chi connectivity index (χ3v) is 2.12. The average molecular weight is 245 g/mol. The molecule has 0 aromatic heterocycles. The average Bonchev–Trinajstić information content (AvgIpc) is 2.16. The van der Waals surface area contributed by atoms with E-state index in [0.29, 0.717) is 0 Å². The Hall–Kier alpha value is -0.540. The summed E-state index contributed by atoms with van der Waals surface area (Å²) in [5, 5.41) is 0. The number of rotatable bonds is 3. The molecule has 0 radical (unpaired) electrons. The van der Waals surface area contributed by atoms with E-state index >= 15 is 0 Å². The maximum absolute atomic E-state index is 5.40. The molecule has 0 bridgehead atoms. The lowest BCUT2D eigenvalue weighted by Crippen LogP contribution is -2.09. The van der Waals surface area contributed by atoms with Crippen molar-refractivity contribution >= 4 is 22.7 Å². The van der Waals surface area contributed by atoms with E-state index in [4.69, 9.17) is 5.84 Å². The summed E-state index contributed by atoms with van der Waals surface area (Å²) in [4.78, 5) is 0. The van der Waals surface area contributed by atoms with Crippen LogP contribution in [0.4, 0.5) is 5.69 Å². The van der Waals surface area contributed by atoms with Gasteiger partial charge in [0.05, 0.1) is 5.69 Å². The van der Waals surface area contributed by atoms with E-state index in [0.717, 1.165) is 18.5 Å². The monoisotopic (exact) mass is 244 g/mol.